The van der Waals surface area contributed by atoms with E-state index in [9.17, 15) is 4.79 Å². The van der Waals surface area contributed by atoms with Crippen LogP contribution >= 0.6 is 0 Å². The lowest BCUT2D eigenvalue weighted by molar-refractivity contribution is -0.664. The van der Waals surface area contributed by atoms with Gasteiger partial charge in [0.15, 0.2) is 6.54 Å². The number of benzene rings is 3. The molecule has 1 aromatic heterocycles. The molecule has 0 amide bonds. The van der Waals surface area contributed by atoms with Crippen molar-refractivity contribution < 1.29 is 14.1 Å². The Kier molecular flexibility index (Phi) is 4.81. The summed E-state index contributed by atoms with van der Waals surface area (Å²) in [5, 5.41) is 9.95. The summed E-state index contributed by atoms with van der Waals surface area (Å²) in [4.78, 5) is 12.9. The summed E-state index contributed by atoms with van der Waals surface area (Å²) in [6.07, 6.45) is 0. The van der Waals surface area contributed by atoms with Crippen LogP contribution in [0.5, 0.6) is 5.75 Å². The van der Waals surface area contributed by atoms with Crippen LogP contribution in [0.2, 0.25) is 0 Å². The molecule has 4 heteroatoms. The fraction of sp³-hybridized carbons (Fsp3) is 0.0417. The van der Waals surface area contributed by atoms with E-state index in [-0.39, 0.29) is 0 Å². The number of aromatic nitrogens is 1. The van der Waals surface area contributed by atoms with E-state index in [1.807, 2.05) is 65.2 Å². The fourth-order valence-corrected chi connectivity index (χ4v) is 3.13. The Balaban J connectivity index is 1.73. The monoisotopic (exact) mass is 365 g/mol. The van der Waals surface area contributed by atoms with Crippen LogP contribution in [0.1, 0.15) is 21.6 Å². The van der Waals surface area contributed by atoms with Gasteiger partial charge in [-0.15, -0.1) is 0 Å². The van der Waals surface area contributed by atoms with Gasteiger partial charge in [-0.25, -0.2) is 4.79 Å². The molecule has 0 aliphatic rings. The van der Waals surface area contributed by atoms with Crippen LogP contribution < -0.4 is 9.30 Å². The zero-order chi connectivity index (χ0) is 19.3. The van der Waals surface area contributed by atoms with Crippen molar-refractivity contribution in [3.05, 3.63) is 108 Å². The Morgan fingerprint density at radius 1 is 0.857 bits per heavy atom. The van der Waals surface area contributed by atoms with Gasteiger partial charge < -0.3 is 4.74 Å². The van der Waals surface area contributed by atoms with Gasteiger partial charge in [0.25, 0.3) is 5.69 Å². The van der Waals surface area contributed by atoms with Gasteiger partial charge in [-0.1, -0.05) is 42.5 Å². The summed E-state index contributed by atoms with van der Waals surface area (Å²) in [6.45, 7) is 0.556. The number of hydrogen-bond donors (Lipinski definition) is 0. The maximum atomic E-state index is 12.9. The van der Waals surface area contributed by atoms with Crippen molar-refractivity contribution in [2.45, 2.75) is 6.54 Å². The Labute approximate surface area is 162 Å². The highest BCUT2D eigenvalue weighted by Gasteiger charge is 2.24. The molecule has 0 saturated heterocycles. The number of para-hydroxylation sites is 1. The van der Waals surface area contributed by atoms with Crippen LogP contribution in [0.4, 0.5) is 0 Å². The van der Waals surface area contributed by atoms with E-state index in [0.717, 1.165) is 16.5 Å². The molecule has 0 aliphatic heterocycles. The predicted molar refractivity (Wildman–Crippen MR) is 106 cm³/mol. The summed E-state index contributed by atoms with van der Waals surface area (Å²) in [7, 11) is 0. The summed E-state index contributed by atoms with van der Waals surface area (Å²) in [6, 6.07) is 30.2. The number of hydrogen-bond acceptors (Lipinski definition) is 3. The fourth-order valence-electron chi connectivity index (χ4n) is 3.13. The van der Waals surface area contributed by atoms with Crippen molar-refractivity contribution in [1.29, 1.82) is 5.26 Å². The lowest BCUT2D eigenvalue weighted by Gasteiger charge is -2.08. The normalized spacial score (nSPS) is 10.4. The third-order valence-corrected chi connectivity index (χ3v) is 4.53. The first kappa shape index (κ1) is 17.4. The molecule has 0 radical (unpaired) electrons. The van der Waals surface area contributed by atoms with E-state index in [0.29, 0.717) is 23.6 Å². The average Bonchev–Trinajstić information content (AvgIpc) is 2.75. The van der Waals surface area contributed by atoms with E-state index < -0.39 is 5.97 Å². The zero-order valence-corrected chi connectivity index (χ0v) is 15.1. The molecule has 0 fully saturated rings. The van der Waals surface area contributed by atoms with Gasteiger partial charge in [0, 0.05) is 23.1 Å². The van der Waals surface area contributed by atoms with E-state index in [1.54, 1.807) is 30.3 Å². The Morgan fingerprint density at radius 2 is 1.57 bits per heavy atom. The second-order valence-corrected chi connectivity index (χ2v) is 6.37. The molecule has 0 N–H and O–H groups in total. The molecule has 4 rings (SSSR count). The molecule has 1 heterocycles. The molecule has 4 aromatic rings. The van der Waals surface area contributed by atoms with Gasteiger partial charge in [0.05, 0.1) is 11.6 Å². The highest BCUT2D eigenvalue weighted by molar-refractivity contribution is 5.89. The molecular weight excluding hydrogens is 348 g/mol. The largest absolute Gasteiger partial charge is 0.419 e. The van der Waals surface area contributed by atoms with Crippen molar-refractivity contribution in [2.24, 2.45) is 0 Å². The van der Waals surface area contributed by atoms with Gasteiger partial charge in [0.2, 0.25) is 5.52 Å². The molecule has 0 atom stereocenters. The number of ether oxygens (including phenoxy) is 1. The van der Waals surface area contributed by atoms with E-state index >= 15 is 0 Å². The molecule has 28 heavy (non-hydrogen) atoms. The second-order valence-electron chi connectivity index (χ2n) is 6.37. The van der Waals surface area contributed by atoms with E-state index in [2.05, 4.69) is 6.07 Å². The van der Waals surface area contributed by atoms with Crippen LogP contribution in [0.25, 0.3) is 10.9 Å². The molecule has 3 aromatic carbocycles. The lowest BCUT2D eigenvalue weighted by atomic mass is 10.1. The van der Waals surface area contributed by atoms with Gasteiger partial charge >= 0.3 is 5.97 Å². The number of rotatable bonds is 4. The van der Waals surface area contributed by atoms with Crippen molar-refractivity contribution >= 4 is 16.9 Å². The van der Waals surface area contributed by atoms with Crippen molar-refractivity contribution in [3.63, 3.8) is 0 Å². The van der Waals surface area contributed by atoms with Gasteiger partial charge in [-0.2, -0.15) is 9.83 Å². The zero-order valence-electron chi connectivity index (χ0n) is 15.1. The number of fused-ring (bicyclic) bond motifs is 1. The Hall–Kier alpha value is -3.97. The molecule has 0 saturated carbocycles. The van der Waals surface area contributed by atoms with Crippen molar-refractivity contribution in [3.8, 4) is 11.8 Å². The number of nitriles is 1. The second kappa shape index (κ2) is 7.73. The summed E-state index contributed by atoms with van der Waals surface area (Å²) in [5.74, 6) is -0.0326. The third-order valence-electron chi connectivity index (χ3n) is 4.53. The smallest absolute Gasteiger partial charge is 0.409 e. The summed E-state index contributed by atoms with van der Waals surface area (Å²) < 4.78 is 7.53. The number of carbonyl (C=O) groups is 1. The number of esters is 1. The molecule has 0 spiro atoms. The van der Waals surface area contributed by atoms with Crippen molar-refractivity contribution in [2.75, 3.05) is 0 Å². The third kappa shape index (κ3) is 3.60. The van der Waals surface area contributed by atoms with Crippen LogP contribution in [0.15, 0.2) is 91.0 Å². The van der Waals surface area contributed by atoms with Crippen LogP contribution in [0, 0.1) is 11.3 Å². The maximum absolute atomic E-state index is 12.9. The Morgan fingerprint density at radius 3 is 2.32 bits per heavy atom. The van der Waals surface area contributed by atoms with Gasteiger partial charge in [0.1, 0.15) is 5.75 Å². The number of nitrogens with zero attached hydrogens (tertiary/aromatic N) is 2. The summed E-state index contributed by atoms with van der Waals surface area (Å²) >= 11 is 0. The molecule has 4 nitrogen and oxygen atoms in total. The molecule has 0 aliphatic carbocycles. The summed E-state index contributed by atoms with van der Waals surface area (Å²) in [5.41, 5.74) is 3.04. The minimum Gasteiger partial charge on any atom is -0.419 e. The Bertz CT molecular complexity index is 1180. The lowest BCUT2D eigenvalue weighted by Crippen LogP contribution is -2.42. The van der Waals surface area contributed by atoms with Crippen LogP contribution in [-0.4, -0.2) is 5.97 Å². The van der Waals surface area contributed by atoms with Crippen LogP contribution in [0.3, 0.4) is 0 Å². The van der Waals surface area contributed by atoms with E-state index in [4.69, 9.17) is 10.00 Å². The standard InChI is InChI=1S/C24H17N2O2/c25-16-18-10-13-21(14-11-18)28-24(27)23-15-12-20-8-4-5-9-22(20)26(23)17-19-6-2-1-3-7-19/h1-15H,17H2/q+1. The highest BCUT2D eigenvalue weighted by atomic mass is 16.5. The topological polar surface area (TPSA) is 54.0 Å². The quantitative estimate of drug-likeness (QED) is 0.308. The minimum atomic E-state index is -0.439. The first-order valence-electron chi connectivity index (χ1n) is 8.92. The van der Waals surface area contributed by atoms with Crippen molar-refractivity contribution in [1.82, 2.24) is 0 Å². The van der Waals surface area contributed by atoms with Crippen LogP contribution in [-0.2, 0) is 6.54 Å². The average molecular weight is 365 g/mol. The predicted octanol–water partition coefficient (Wildman–Crippen LogP) is 4.27. The molecule has 0 bridgehead atoms. The molecular formula is C24H17N2O2+. The maximum Gasteiger partial charge on any atom is 0.409 e. The SMILES string of the molecule is N#Cc1ccc(OC(=O)c2ccc3ccccc3[n+]2Cc2ccccc2)cc1. The minimum absolute atomic E-state index is 0.406. The van der Waals surface area contributed by atoms with E-state index in [1.165, 1.54) is 0 Å². The molecule has 0 unspecified atom stereocenters. The molecule has 134 valence electrons. The highest BCUT2D eigenvalue weighted by Crippen LogP contribution is 2.16. The van der Waals surface area contributed by atoms with Gasteiger partial charge in [-0.05, 0) is 36.4 Å². The first-order chi connectivity index (χ1) is 13.7. The van der Waals surface area contributed by atoms with Gasteiger partial charge in [-0.3, -0.25) is 0 Å². The number of pyridine rings is 1. The number of carbonyl (C=O) groups excluding carboxylic acids is 1. The first-order valence-corrected chi connectivity index (χ1v) is 8.92.